The zero-order valence-electron chi connectivity index (χ0n) is 34.4. The predicted molar refractivity (Wildman–Crippen MR) is 264 cm³/mol. The van der Waals surface area contributed by atoms with E-state index < -0.39 is 0 Å². The molecule has 2 heterocycles. The number of benzene rings is 10. The monoisotopic (exact) mass is 804 g/mol. The van der Waals surface area contributed by atoms with E-state index in [1.165, 1.54) is 38.5 Å². The molecular formula is C60H40N2O. The maximum Gasteiger partial charge on any atom is 0.136 e. The first-order valence-corrected chi connectivity index (χ1v) is 21.5. The first-order chi connectivity index (χ1) is 31.3. The first kappa shape index (κ1) is 36.5. The van der Waals surface area contributed by atoms with E-state index >= 15 is 0 Å². The highest BCUT2D eigenvalue weighted by atomic mass is 16.3. The Morgan fingerprint density at radius 2 is 0.841 bits per heavy atom. The van der Waals surface area contributed by atoms with Gasteiger partial charge in [0.1, 0.15) is 11.2 Å². The minimum absolute atomic E-state index is 0.892. The second-order valence-corrected chi connectivity index (χ2v) is 16.0. The molecule has 0 amide bonds. The van der Waals surface area contributed by atoms with E-state index in [0.717, 1.165) is 72.5 Å². The van der Waals surface area contributed by atoms with Crippen LogP contribution in [0.15, 0.2) is 247 Å². The second kappa shape index (κ2) is 15.3. The van der Waals surface area contributed by atoms with Gasteiger partial charge in [-0.25, -0.2) is 0 Å². The summed E-state index contributed by atoms with van der Waals surface area (Å²) >= 11 is 0. The van der Waals surface area contributed by atoms with Gasteiger partial charge in [0.25, 0.3) is 0 Å². The maximum absolute atomic E-state index is 6.31. The Balaban J connectivity index is 1.08. The van der Waals surface area contributed by atoms with E-state index in [9.17, 15) is 0 Å². The maximum atomic E-state index is 6.31. The normalized spacial score (nSPS) is 11.5. The van der Waals surface area contributed by atoms with E-state index in [1.807, 2.05) is 12.1 Å². The molecule has 63 heavy (non-hydrogen) atoms. The second-order valence-electron chi connectivity index (χ2n) is 16.0. The molecule has 0 spiro atoms. The number of nitrogens with zero attached hydrogens (tertiary/aromatic N) is 2. The Hall–Kier alpha value is -8.40. The van der Waals surface area contributed by atoms with Crippen LogP contribution in [0.3, 0.4) is 0 Å². The zero-order chi connectivity index (χ0) is 41.7. The molecule has 2 aromatic heterocycles. The van der Waals surface area contributed by atoms with Crippen molar-refractivity contribution in [2.24, 2.45) is 0 Å². The van der Waals surface area contributed by atoms with Gasteiger partial charge in [0.15, 0.2) is 0 Å². The molecule has 12 rings (SSSR count). The smallest absolute Gasteiger partial charge is 0.136 e. The number of para-hydroxylation sites is 4. The highest BCUT2D eigenvalue weighted by Gasteiger charge is 2.22. The Morgan fingerprint density at radius 1 is 0.317 bits per heavy atom. The molecule has 10 aromatic carbocycles. The summed E-state index contributed by atoms with van der Waals surface area (Å²) in [5.74, 6) is 0. The molecule has 0 aliphatic rings. The largest absolute Gasteiger partial charge is 0.456 e. The molecule has 0 radical (unpaired) electrons. The Labute approximate surface area is 366 Å². The van der Waals surface area contributed by atoms with Crippen molar-refractivity contribution in [1.82, 2.24) is 4.57 Å². The summed E-state index contributed by atoms with van der Waals surface area (Å²) in [5.41, 5.74) is 17.8. The fourth-order valence-electron chi connectivity index (χ4n) is 9.62. The van der Waals surface area contributed by atoms with Crippen LogP contribution in [0.25, 0.3) is 93.9 Å². The van der Waals surface area contributed by atoms with Crippen molar-refractivity contribution in [3.63, 3.8) is 0 Å². The van der Waals surface area contributed by atoms with Gasteiger partial charge in [-0.05, 0) is 99.6 Å². The number of anilines is 3. The molecule has 0 saturated carbocycles. The van der Waals surface area contributed by atoms with Gasteiger partial charge in [0, 0.05) is 44.2 Å². The minimum atomic E-state index is 0.892. The summed E-state index contributed by atoms with van der Waals surface area (Å²) in [5, 5.41) is 4.70. The van der Waals surface area contributed by atoms with Crippen molar-refractivity contribution in [1.29, 1.82) is 0 Å². The predicted octanol–water partition coefficient (Wildman–Crippen LogP) is 16.8. The fourth-order valence-corrected chi connectivity index (χ4v) is 9.62. The van der Waals surface area contributed by atoms with Gasteiger partial charge in [-0.15, -0.1) is 0 Å². The number of hydrogen-bond acceptors (Lipinski definition) is 2. The molecule has 12 aromatic rings. The van der Waals surface area contributed by atoms with Crippen molar-refractivity contribution < 1.29 is 4.42 Å². The lowest BCUT2D eigenvalue weighted by Gasteiger charge is -2.29. The Morgan fingerprint density at radius 3 is 1.62 bits per heavy atom. The quantitative estimate of drug-likeness (QED) is 0.153. The van der Waals surface area contributed by atoms with Crippen LogP contribution in [0, 0.1) is 0 Å². The molecule has 0 fully saturated rings. The van der Waals surface area contributed by atoms with Gasteiger partial charge in [-0.1, -0.05) is 182 Å². The van der Waals surface area contributed by atoms with Crippen molar-refractivity contribution in [2.45, 2.75) is 0 Å². The van der Waals surface area contributed by atoms with Gasteiger partial charge in [-0.3, -0.25) is 0 Å². The van der Waals surface area contributed by atoms with Crippen molar-refractivity contribution >= 4 is 60.8 Å². The van der Waals surface area contributed by atoms with Crippen LogP contribution in [-0.4, -0.2) is 4.57 Å². The molecule has 3 heteroatoms. The summed E-state index contributed by atoms with van der Waals surface area (Å²) in [6.45, 7) is 0. The van der Waals surface area contributed by atoms with Gasteiger partial charge < -0.3 is 13.9 Å². The lowest BCUT2D eigenvalue weighted by molar-refractivity contribution is 0.669. The van der Waals surface area contributed by atoms with Crippen LogP contribution in [0.2, 0.25) is 0 Å². The van der Waals surface area contributed by atoms with Crippen LogP contribution >= 0.6 is 0 Å². The lowest BCUT2D eigenvalue weighted by atomic mass is 9.88. The summed E-state index contributed by atoms with van der Waals surface area (Å²) < 4.78 is 8.71. The lowest BCUT2D eigenvalue weighted by Crippen LogP contribution is -2.11. The van der Waals surface area contributed by atoms with Gasteiger partial charge in [0.05, 0.1) is 16.7 Å². The van der Waals surface area contributed by atoms with Crippen LogP contribution in [0.1, 0.15) is 0 Å². The summed E-state index contributed by atoms with van der Waals surface area (Å²) in [6, 6.07) is 87.2. The van der Waals surface area contributed by atoms with Gasteiger partial charge in [-0.2, -0.15) is 0 Å². The SMILES string of the molecule is c1ccc(-c2ccccc2-c2ccccc2-c2ccccc2N(c2ccc(-c3cccc4oc5ccccc5c34)cc2)c2ccc3c4ccccc4n(-c4ccccc4)c3c2)cc1. The summed E-state index contributed by atoms with van der Waals surface area (Å²) in [6.07, 6.45) is 0. The third-order valence-electron chi connectivity index (χ3n) is 12.4. The first-order valence-electron chi connectivity index (χ1n) is 21.5. The average Bonchev–Trinajstić information content (AvgIpc) is 3.91. The molecule has 0 N–H and O–H groups in total. The van der Waals surface area contributed by atoms with Crippen molar-refractivity contribution in [3.05, 3.63) is 243 Å². The minimum Gasteiger partial charge on any atom is -0.456 e. The molecule has 0 aliphatic carbocycles. The van der Waals surface area contributed by atoms with Crippen molar-refractivity contribution in [2.75, 3.05) is 4.90 Å². The molecule has 0 atom stereocenters. The number of fused-ring (bicyclic) bond motifs is 6. The molecule has 3 nitrogen and oxygen atoms in total. The average molecular weight is 805 g/mol. The zero-order valence-corrected chi connectivity index (χ0v) is 34.4. The van der Waals surface area contributed by atoms with Crippen LogP contribution in [-0.2, 0) is 0 Å². The topological polar surface area (TPSA) is 21.3 Å². The summed E-state index contributed by atoms with van der Waals surface area (Å²) in [7, 11) is 0. The highest BCUT2D eigenvalue weighted by molar-refractivity contribution is 6.13. The number of hydrogen-bond donors (Lipinski definition) is 0. The van der Waals surface area contributed by atoms with Crippen LogP contribution < -0.4 is 4.90 Å². The standard InChI is InChI=1S/C60H40N2O/c1-3-18-41(19-4-1)46-22-7-8-23-48(46)49-24-9-10-25-50(49)51-26-11-14-30-55(51)61(44-36-34-42(35-37-44)47-29-17-33-59-60(47)54-28-13-16-32-58(54)63-59)45-38-39-53-52-27-12-15-31-56(52)62(57(53)40-45)43-20-5-2-6-21-43/h1-40H. The van der Waals surface area contributed by atoms with Gasteiger partial charge in [0.2, 0.25) is 0 Å². The van der Waals surface area contributed by atoms with Crippen LogP contribution in [0.4, 0.5) is 17.1 Å². The van der Waals surface area contributed by atoms with E-state index in [0.29, 0.717) is 0 Å². The molecule has 0 unspecified atom stereocenters. The highest BCUT2D eigenvalue weighted by Crippen LogP contribution is 2.47. The molecule has 0 bridgehead atoms. The van der Waals surface area contributed by atoms with E-state index in [4.69, 9.17) is 4.42 Å². The van der Waals surface area contributed by atoms with E-state index in [2.05, 4.69) is 240 Å². The summed E-state index contributed by atoms with van der Waals surface area (Å²) in [4.78, 5) is 2.43. The molecular weight excluding hydrogens is 765 g/mol. The van der Waals surface area contributed by atoms with Crippen LogP contribution in [0.5, 0.6) is 0 Å². The molecule has 296 valence electrons. The number of rotatable bonds is 8. The van der Waals surface area contributed by atoms with Gasteiger partial charge >= 0.3 is 0 Å². The van der Waals surface area contributed by atoms with E-state index in [1.54, 1.807) is 0 Å². The van der Waals surface area contributed by atoms with E-state index in [-0.39, 0.29) is 0 Å². The number of aromatic nitrogens is 1. The molecule has 0 aliphatic heterocycles. The van der Waals surface area contributed by atoms with Crippen molar-refractivity contribution in [3.8, 4) is 50.2 Å². The third kappa shape index (κ3) is 6.21. The fraction of sp³-hybridized carbons (Fsp3) is 0. The number of furan rings is 1. The third-order valence-corrected chi connectivity index (χ3v) is 12.4. The Kier molecular flexibility index (Phi) is 8.83. The molecule has 0 saturated heterocycles. The Bertz CT molecular complexity index is 3620.